The Bertz CT molecular complexity index is 3440. The molecule has 2 heteroatoms. The molecule has 54 heavy (non-hydrogen) atoms. The van der Waals surface area contributed by atoms with Crippen LogP contribution in [0.3, 0.4) is 0 Å². The van der Waals surface area contributed by atoms with E-state index in [1.165, 1.54) is 107 Å². The van der Waals surface area contributed by atoms with E-state index in [1.807, 2.05) is 11.3 Å². The Balaban J connectivity index is 1.15. The second-order valence-electron chi connectivity index (χ2n) is 14.3. The molecule has 1 nitrogen and oxygen atoms in total. The first-order valence-electron chi connectivity index (χ1n) is 18.5. The van der Waals surface area contributed by atoms with Gasteiger partial charge in [-0.3, -0.25) is 0 Å². The molecule has 0 saturated carbocycles. The van der Waals surface area contributed by atoms with Gasteiger partial charge in [-0.05, 0) is 101 Å². The van der Waals surface area contributed by atoms with Crippen molar-refractivity contribution in [1.82, 2.24) is 0 Å². The van der Waals surface area contributed by atoms with Gasteiger partial charge in [0, 0.05) is 30.9 Å². The van der Waals surface area contributed by atoms with Crippen molar-refractivity contribution in [1.29, 1.82) is 0 Å². The summed E-state index contributed by atoms with van der Waals surface area (Å²) in [5.41, 5.74) is 9.27. The molecule has 0 amide bonds. The summed E-state index contributed by atoms with van der Waals surface area (Å²) in [7, 11) is 0. The third-order valence-electron chi connectivity index (χ3n) is 11.5. The Morgan fingerprint density at radius 3 is 1.52 bits per heavy atom. The fourth-order valence-corrected chi connectivity index (χ4v) is 10.5. The topological polar surface area (TPSA) is 13.1 Å². The van der Waals surface area contributed by atoms with E-state index in [-0.39, 0.29) is 0 Å². The number of fused-ring (bicyclic) bond motifs is 12. The van der Waals surface area contributed by atoms with Crippen molar-refractivity contribution in [3.8, 4) is 33.4 Å². The number of hydrogen-bond acceptors (Lipinski definition) is 2. The molecule has 0 aliphatic rings. The molecule has 0 aliphatic heterocycles. The lowest BCUT2D eigenvalue weighted by Crippen LogP contribution is -1.92. The predicted molar refractivity (Wildman–Crippen MR) is 233 cm³/mol. The molecule has 0 fully saturated rings. The molecule has 12 rings (SSSR count). The lowest BCUT2D eigenvalue weighted by molar-refractivity contribution is 0.669. The molecule has 0 bridgehead atoms. The minimum absolute atomic E-state index is 0.922. The Hall–Kier alpha value is -6.74. The summed E-state index contributed by atoms with van der Waals surface area (Å²) in [4.78, 5) is 0. The van der Waals surface area contributed by atoms with E-state index in [0.717, 1.165) is 11.2 Å². The number of hydrogen-bond donors (Lipinski definition) is 0. The molecule has 0 radical (unpaired) electrons. The summed E-state index contributed by atoms with van der Waals surface area (Å²) in [6.45, 7) is 0. The van der Waals surface area contributed by atoms with E-state index in [9.17, 15) is 0 Å². The van der Waals surface area contributed by atoms with Crippen LogP contribution in [0.1, 0.15) is 0 Å². The number of thiophene rings is 1. The van der Waals surface area contributed by atoms with Gasteiger partial charge in [-0.1, -0.05) is 158 Å². The summed E-state index contributed by atoms with van der Waals surface area (Å²) < 4.78 is 9.38. The second-order valence-corrected chi connectivity index (χ2v) is 15.3. The summed E-state index contributed by atoms with van der Waals surface area (Å²) in [5.74, 6) is 0. The highest BCUT2D eigenvalue weighted by Gasteiger charge is 2.22. The van der Waals surface area contributed by atoms with Gasteiger partial charge in [-0.25, -0.2) is 0 Å². The Morgan fingerprint density at radius 2 is 0.833 bits per heavy atom. The van der Waals surface area contributed by atoms with Crippen molar-refractivity contribution >= 4 is 96.5 Å². The van der Waals surface area contributed by atoms with Crippen LogP contribution in [0.25, 0.3) is 119 Å². The number of benzene rings is 10. The van der Waals surface area contributed by atoms with Gasteiger partial charge in [0.1, 0.15) is 11.2 Å². The highest BCUT2D eigenvalue weighted by Crippen LogP contribution is 2.49. The number of furan rings is 1. The van der Waals surface area contributed by atoms with Crippen LogP contribution in [-0.4, -0.2) is 0 Å². The van der Waals surface area contributed by atoms with Crippen LogP contribution < -0.4 is 0 Å². The molecule has 0 aliphatic carbocycles. The number of rotatable bonds is 3. The molecule has 2 aromatic heterocycles. The van der Waals surface area contributed by atoms with Crippen LogP contribution in [0.15, 0.2) is 186 Å². The quantitative estimate of drug-likeness (QED) is 0.167. The second kappa shape index (κ2) is 11.4. The zero-order valence-electron chi connectivity index (χ0n) is 29.1. The SMILES string of the molecule is c1ccc(-c2c3ccccc3c(-c3ccc(-c4cc5oc6ccc7c8ccccc8sc7c6c5c5ccccc45)c4ccccc34)c3ccccc23)cc1. The predicted octanol–water partition coefficient (Wildman–Crippen LogP) is 15.6. The van der Waals surface area contributed by atoms with Gasteiger partial charge in [0.2, 0.25) is 0 Å². The van der Waals surface area contributed by atoms with E-state index in [0.29, 0.717) is 0 Å². The van der Waals surface area contributed by atoms with Crippen LogP contribution >= 0.6 is 11.3 Å². The Labute approximate surface area is 314 Å². The molecule has 0 atom stereocenters. The van der Waals surface area contributed by atoms with E-state index >= 15 is 0 Å². The smallest absolute Gasteiger partial charge is 0.136 e. The normalized spacial score (nSPS) is 12.1. The molecule has 12 aromatic rings. The minimum atomic E-state index is 0.922. The maximum atomic E-state index is 6.78. The van der Waals surface area contributed by atoms with E-state index in [2.05, 4.69) is 182 Å². The van der Waals surface area contributed by atoms with Crippen LogP contribution in [-0.2, 0) is 0 Å². The molecule has 0 spiro atoms. The first kappa shape index (κ1) is 29.8. The molecular formula is C52H30OS. The zero-order valence-corrected chi connectivity index (χ0v) is 30.0. The Morgan fingerprint density at radius 1 is 0.315 bits per heavy atom. The van der Waals surface area contributed by atoms with Crippen LogP contribution in [0.2, 0.25) is 0 Å². The fraction of sp³-hybridized carbons (Fsp3) is 0. The van der Waals surface area contributed by atoms with Crippen LogP contribution in [0, 0.1) is 0 Å². The average Bonchev–Trinajstić information content (AvgIpc) is 3.81. The van der Waals surface area contributed by atoms with E-state index in [4.69, 9.17) is 4.42 Å². The maximum absolute atomic E-state index is 6.78. The van der Waals surface area contributed by atoms with Crippen molar-refractivity contribution in [2.24, 2.45) is 0 Å². The first-order chi connectivity index (χ1) is 26.8. The molecule has 0 unspecified atom stereocenters. The van der Waals surface area contributed by atoms with E-state index < -0.39 is 0 Å². The maximum Gasteiger partial charge on any atom is 0.136 e. The Kier molecular flexibility index (Phi) is 6.28. The summed E-state index contributed by atoms with van der Waals surface area (Å²) in [6.07, 6.45) is 0. The molecular weight excluding hydrogens is 673 g/mol. The molecule has 2 heterocycles. The largest absolute Gasteiger partial charge is 0.456 e. The summed E-state index contributed by atoms with van der Waals surface area (Å²) >= 11 is 1.86. The third kappa shape index (κ3) is 4.14. The van der Waals surface area contributed by atoms with Crippen LogP contribution in [0.4, 0.5) is 0 Å². The van der Waals surface area contributed by atoms with Gasteiger partial charge in [0.25, 0.3) is 0 Å². The lowest BCUT2D eigenvalue weighted by Gasteiger charge is -2.20. The molecule has 0 saturated heterocycles. The van der Waals surface area contributed by atoms with Crippen molar-refractivity contribution in [2.45, 2.75) is 0 Å². The summed E-state index contributed by atoms with van der Waals surface area (Å²) in [6, 6.07) is 66.5. The van der Waals surface area contributed by atoms with Gasteiger partial charge in [0.05, 0.1) is 0 Å². The molecule has 10 aromatic carbocycles. The van der Waals surface area contributed by atoms with E-state index in [1.54, 1.807) is 0 Å². The lowest BCUT2D eigenvalue weighted by atomic mass is 9.83. The third-order valence-corrected chi connectivity index (χ3v) is 12.7. The monoisotopic (exact) mass is 702 g/mol. The van der Waals surface area contributed by atoms with Crippen molar-refractivity contribution < 1.29 is 4.42 Å². The fourth-order valence-electron chi connectivity index (χ4n) is 9.21. The van der Waals surface area contributed by atoms with Gasteiger partial charge < -0.3 is 4.42 Å². The molecule has 250 valence electrons. The molecule has 0 N–H and O–H groups in total. The zero-order chi connectivity index (χ0) is 35.3. The van der Waals surface area contributed by atoms with Crippen molar-refractivity contribution in [2.75, 3.05) is 0 Å². The van der Waals surface area contributed by atoms with Crippen molar-refractivity contribution in [3.63, 3.8) is 0 Å². The van der Waals surface area contributed by atoms with Gasteiger partial charge in [0.15, 0.2) is 0 Å². The van der Waals surface area contributed by atoms with Crippen molar-refractivity contribution in [3.05, 3.63) is 182 Å². The highest BCUT2D eigenvalue weighted by atomic mass is 32.1. The minimum Gasteiger partial charge on any atom is -0.456 e. The average molecular weight is 703 g/mol. The van der Waals surface area contributed by atoms with Gasteiger partial charge in [-0.2, -0.15) is 0 Å². The first-order valence-corrected chi connectivity index (χ1v) is 19.3. The van der Waals surface area contributed by atoms with Gasteiger partial charge in [-0.15, -0.1) is 11.3 Å². The highest BCUT2D eigenvalue weighted by molar-refractivity contribution is 7.26. The standard InChI is InChI=1S/C52H30OS/c1-2-14-31(15-3-1)48-38-21-8-10-23-40(38)49(41-24-11-9-22-39(41)48)42-27-26-35(32-16-4-5-17-33(32)42)44-30-46-50(37-20-7-6-18-34(37)44)51-45(53-46)29-28-43-36-19-12-13-25-47(36)54-52(43)51/h1-30H. The van der Waals surface area contributed by atoms with Crippen LogP contribution in [0.5, 0.6) is 0 Å². The summed E-state index contributed by atoms with van der Waals surface area (Å²) in [5, 5.41) is 14.9. The van der Waals surface area contributed by atoms with Gasteiger partial charge >= 0.3 is 0 Å².